The van der Waals surface area contributed by atoms with Crippen LogP contribution in [0.4, 0.5) is 22.0 Å². The third-order valence-electron chi connectivity index (χ3n) is 8.71. The van der Waals surface area contributed by atoms with Crippen molar-refractivity contribution in [3.8, 4) is 57.0 Å². The lowest BCUT2D eigenvalue weighted by atomic mass is 9.95. The third kappa shape index (κ3) is 5.09. The van der Waals surface area contributed by atoms with Gasteiger partial charge in [-0.15, -0.1) is 0 Å². The molecule has 10 heteroatoms. The molecule has 51 heavy (non-hydrogen) atoms. The smallest absolute Gasteiger partial charge is 0.200 e. The second-order valence-corrected chi connectivity index (χ2v) is 11.7. The van der Waals surface area contributed by atoms with Gasteiger partial charge in [-0.2, -0.15) is 10.5 Å². The molecule has 5 nitrogen and oxygen atoms in total. The van der Waals surface area contributed by atoms with Gasteiger partial charge in [-0.3, -0.25) is 0 Å². The highest BCUT2D eigenvalue weighted by Crippen LogP contribution is 2.40. The van der Waals surface area contributed by atoms with Crippen LogP contribution in [0.1, 0.15) is 11.1 Å². The molecule has 0 amide bonds. The summed E-state index contributed by atoms with van der Waals surface area (Å²) in [6.45, 7) is 0. The number of fused-ring (bicyclic) bond motifs is 5. The van der Waals surface area contributed by atoms with E-state index in [9.17, 15) is 32.5 Å². The molecule has 8 aromatic rings. The Morgan fingerprint density at radius 2 is 0.980 bits per heavy atom. The van der Waals surface area contributed by atoms with E-state index in [1.807, 2.05) is 12.1 Å². The predicted molar refractivity (Wildman–Crippen MR) is 183 cm³/mol. The van der Waals surface area contributed by atoms with Crippen LogP contribution in [-0.2, 0) is 0 Å². The molecule has 0 aliphatic rings. The Morgan fingerprint density at radius 1 is 0.431 bits per heavy atom. The Bertz CT molecular complexity index is 2790. The van der Waals surface area contributed by atoms with E-state index < -0.39 is 34.6 Å². The third-order valence-corrected chi connectivity index (χ3v) is 8.71. The molecule has 0 atom stereocenters. The van der Waals surface area contributed by atoms with Crippen molar-refractivity contribution in [2.75, 3.05) is 0 Å². The Kier molecular flexibility index (Phi) is 7.43. The fraction of sp³-hybridized carbons (Fsp3) is 0. The topological polar surface area (TPSA) is 86.2 Å². The number of halogens is 5. The minimum atomic E-state index is -2.23. The fourth-order valence-electron chi connectivity index (χ4n) is 6.26. The molecule has 0 saturated heterocycles. The number of benzene rings is 6. The minimum Gasteiger partial charge on any atom is -0.247 e. The van der Waals surface area contributed by atoms with Crippen LogP contribution in [-0.4, -0.2) is 15.0 Å². The molecule has 242 valence electrons. The van der Waals surface area contributed by atoms with E-state index in [2.05, 4.69) is 12.1 Å². The zero-order valence-electron chi connectivity index (χ0n) is 26.0. The number of para-hydroxylation sites is 1. The first-order chi connectivity index (χ1) is 24.8. The molecule has 0 radical (unpaired) electrons. The Hall–Kier alpha value is -7.04. The van der Waals surface area contributed by atoms with Gasteiger partial charge in [0.2, 0.25) is 5.82 Å². The molecule has 0 bridgehead atoms. The highest BCUT2D eigenvalue weighted by Gasteiger charge is 2.27. The molecule has 0 fully saturated rings. The lowest BCUT2D eigenvalue weighted by Gasteiger charge is -2.15. The van der Waals surface area contributed by atoms with E-state index >= 15 is 0 Å². The molecule has 2 aromatic heterocycles. The molecule has 0 aliphatic carbocycles. The van der Waals surface area contributed by atoms with Gasteiger partial charge in [0.15, 0.2) is 23.3 Å². The number of hydrogen-bond donors (Lipinski definition) is 0. The van der Waals surface area contributed by atoms with Crippen LogP contribution in [0.2, 0.25) is 0 Å². The van der Waals surface area contributed by atoms with Gasteiger partial charge in [-0.1, -0.05) is 60.7 Å². The largest absolute Gasteiger partial charge is 0.247 e. The maximum absolute atomic E-state index is 14.9. The Morgan fingerprint density at radius 3 is 1.61 bits per heavy atom. The van der Waals surface area contributed by atoms with Gasteiger partial charge < -0.3 is 0 Å². The highest BCUT2D eigenvalue weighted by atomic mass is 19.2. The van der Waals surface area contributed by atoms with E-state index in [-0.39, 0.29) is 5.56 Å². The van der Waals surface area contributed by atoms with Crippen molar-refractivity contribution in [2.24, 2.45) is 0 Å². The van der Waals surface area contributed by atoms with E-state index in [0.717, 1.165) is 5.39 Å². The van der Waals surface area contributed by atoms with Gasteiger partial charge in [0.1, 0.15) is 0 Å². The van der Waals surface area contributed by atoms with Crippen LogP contribution in [0.25, 0.3) is 77.6 Å². The Labute approximate surface area is 286 Å². The molecule has 0 saturated carbocycles. The van der Waals surface area contributed by atoms with E-state index in [1.54, 1.807) is 78.9 Å². The zero-order chi connectivity index (χ0) is 35.4. The first-order valence-electron chi connectivity index (χ1n) is 15.4. The molecular formula is C41H18F5N5. The summed E-state index contributed by atoms with van der Waals surface area (Å²) in [6.07, 6.45) is 0. The summed E-state index contributed by atoms with van der Waals surface area (Å²) in [5.74, 6) is -10.2. The number of aromatic nitrogens is 3. The van der Waals surface area contributed by atoms with Crippen LogP contribution in [0.15, 0.2) is 109 Å². The summed E-state index contributed by atoms with van der Waals surface area (Å²) in [5, 5.41) is 20.8. The normalized spacial score (nSPS) is 11.2. The summed E-state index contributed by atoms with van der Waals surface area (Å²) in [5.41, 5.74) is 4.50. The van der Waals surface area contributed by atoms with Gasteiger partial charge in [0.25, 0.3) is 0 Å². The molecule has 0 unspecified atom stereocenters. The number of rotatable bonds is 4. The standard InChI is InChI=1S/C41H18F5N5/c42-33-31(34(43)36(45)37(46)35(33)44)25-4-3-5-26(18-25)38-28-16-17-30-41(32(28)27-6-1-2-7-29(27)49-38)51-40(24-14-10-22(20-48)11-15-24)39(50-30)23-12-8-21(19-47)9-13-23/h1-18H. The van der Waals surface area contributed by atoms with E-state index in [4.69, 9.17) is 15.0 Å². The van der Waals surface area contributed by atoms with E-state index in [1.165, 1.54) is 18.2 Å². The molecule has 2 heterocycles. The number of nitrogens with zero attached hydrogens (tertiary/aromatic N) is 5. The van der Waals surface area contributed by atoms with Crippen molar-refractivity contribution in [3.63, 3.8) is 0 Å². The van der Waals surface area contributed by atoms with Gasteiger partial charge >= 0.3 is 0 Å². The first-order valence-corrected chi connectivity index (χ1v) is 15.4. The average Bonchev–Trinajstić information content (AvgIpc) is 3.18. The van der Waals surface area contributed by atoms with Crippen molar-refractivity contribution >= 4 is 32.7 Å². The predicted octanol–water partition coefficient (Wildman–Crippen LogP) is 10.4. The van der Waals surface area contributed by atoms with Crippen molar-refractivity contribution in [1.29, 1.82) is 10.5 Å². The lowest BCUT2D eigenvalue weighted by molar-refractivity contribution is 0.381. The fourth-order valence-corrected chi connectivity index (χ4v) is 6.26. The molecule has 8 rings (SSSR count). The second-order valence-electron chi connectivity index (χ2n) is 11.7. The number of pyridine rings is 1. The Balaban J connectivity index is 1.42. The molecule has 6 aromatic carbocycles. The van der Waals surface area contributed by atoms with Gasteiger partial charge in [-0.05, 0) is 54.1 Å². The average molecular weight is 676 g/mol. The minimum absolute atomic E-state index is 0.223. The van der Waals surface area contributed by atoms with Gasteiger partial charge in [-0.25, -0.2) is 36.9 Å². The summed E-state index contributed by atoms with van der Waals surface area (Å²) in [4.78, 5) is 15.1. The van der Waals surface area contributed by atoms with Gasteiger partial charge in [0.05, 0.1) is 62.5 Å². The quantitative estimate of drug-likeness (QED) is 0.0802. The van der Waals surface area contributed by atoms with Crippen LogP contribution < -0.4 is 0 Å². The van der Waals surface area contributed by atoms with Crippen molar-refractivity contribution in [2.45, 2.75) is 0 Å². The maximum Gasteiger partial charge on any atom is 0.200 e. The summed E-state index contributed by atoms with van der Waals surface area (Å²) >= 11 is 0. The zero-order valence-corrected chi connectivity index (χ0v) is 26.0. The van der Waals surface area contributed by atoms with Crippen LogP contribution in [0.3, 0.4) is 0 Å². The van der Waals surface area contributed by atoms with Crippen molar-refractivity contribution < 1.29 is 22.0 Å². The van der Waals surface area contributed by atoms with Crippen molar-refractivity contribution in [3.05, 3.63) is 149 Å². The summed E-state index contributed by atoms with van der Waals surface area (Å²) in [6, 6.07) is 34.7. The molecule has 0 spiro atoms. The van der Waals surface area contributed by atoms with E-state index in [0.29, 0.717) is 72.2 Å². The summed E-state index contributed by atoms with van der Waals surface area (Å²) < 4.78 is 72.0. The second kappa shape index (κ2) is 12.1. The monoisotopic (exact) mass is 675 g/mol. The molecular weight excluding hydrogens is 657 g/mol. The number of nitriles is 2. The van der Waals surface area contributed by atoms with Crippen LogP contribution in [0, 0.1) is 51.7 Å². The molecule has 0 aliphatic heterocycles. The van der Waals surface area contributed by atoms with Crippen molar-refractivity contribution in [1.82, 2.24) is 15.0 Å². The van der Waals surface area contributed by atoms with Crippen LogP contribution >= 0.6 is 0 Å². The maximum atomic E-state index is 14.9. The lowest BCUT2D eigenvalue weighted by Crippen LogP contribution is -2.04. The number of hydrogen-bond acceptors (Lipinski definition) is 5. The first kappa shape index (κ1) is 31.2. The summed E-state index contributed by atoms with van der Waals surface area (Å²) in [7, 11) is 0. The highest BCUT2D eigenvalue weighted by molar-refractivity contribution is 6.21. The SMILES string of the molecule is N#Cc1ccc(-c2nc3ccc4c(-c5cccc(-c6c(F)c(F)c(F)c(F)c6F)c5)nc5ccccc5c4c3nc2-c2ccc(C#N)cc2)cc1. The molecule has 0 N–H and O–H groups in total. The van der Waals surface area contributed by atoms with Gasteiger partial charge in [0, 0.05) is 32.8 Å². The van der Waals surface area contributed by atoms with Crippen LogP contribution in [0.5, 0.6) is 0 Å².